The minimum absolute atomic E-state index is 0.481. The van der Waals surface area contributed by atoms with Crippen LogP contribution in [0, 0.1) is 3.57 Å². The van der Waals surface area contributed by atoms with Crippen LogP contribution in [0.15, 0.2) is 30.6 Å². The summed E-state index contributed by atoms with van der Waals surface area (Å²) in [5, 5.41) is 4.95. The third-order valence-electron chi connectivity index (χ3n) is 2.32. The first-order valence-electron chi connectivity index (χ1n) is 5.63. The average molecular weight is 370 g/mol. The van der Waals surface area contributed by atoms with Crippen molar-refractivity contribution < 1.29 is 0 Å². The highest BCUT2D eigenvalue weighted by atomic mass is 127. The zero-order valence-electron chi connectivity index (χ0n) is 10.7. The molecule has 4 N–H and O–H groups in total. The number of benzene rings is 1. The number of nitrogen functional groups attached to an aromatic ring is 1. The number of hydrogen-bond acceptors (Lipinski definition) is 6. The number of hydrogen-bond donors (Lipinski definition) is 3. The molecule has 19 heavy (non-hydrogen) atoms. The van der Waals surface area contributed by atoms with Crippen LogP contribution in [0.4, 0.5) is 23.0 Å². The lowest BCUT2D eigenvalue weighted by molar-refractivity contribution is 0.492. The molecule has 7 heteroatoms. The van der Waals surface area contributed by atoms with E-state index in [9.17, 15) is 0 Å². The summed E-state index contributed by atoms with van der Waals surface area (Å²) >= 11 is 2.26. The van der Waals surface area contributed by atoms with Gasteiger partial charge in [-0.1, -0.05) is 0 Å². The average Bonchev–Trinajstić information content (AvgIpc) is 2.36. The first-order chi connectivity index (χ1) is 9.06. The van der Waals surface area contributed by atoms with E-state index in [4.69, 9.17) is 5.73 Å². The molecule has 1 aromatic carbocycles. The van der Waals surface area contributed by atoms with Crippen LogP contribution in [0.1, 0.15) is 0 Å². The molecule has 0 aliphatic rings. The van der Waals surface area contributed by atoms with Crippen molar-refractivity contribution in [3.63, 3.8) is 0 Å². The molecule has 0 radical (unpaired) electrons. The van der Waals surface area contributed by atoms with Gasteiger partial charge in [0, 0.05) is 23.4 Å². The van der Waals surface area contributed by atoms with Crippen LogP contribution in [0.3, 0.4) is 0 Å². The van der Waals surface area contributed by atoms with Gasteiger partial charge in [0.25, 0.3) is 0 Å². The maximum Gasteiger partial charge on any atom is 0.169 e. The molecule has 0 atom stereocenters. The van der Waals surface area contributed by atoms with Gasteiger partial charge in [0.15, 0.2) is 11.6 Å². The highest BCUT2D eigenvalue weighted by Gasteiger charge is 2.08. The fourth-order valence-corrected chi connectivity index (χ4v) is 1.83. The molecule has 2 aromatic rings. The van der Waals surface area contributed by atoms with Crippen LogP contribution in [-0.4, -0.2) is 29.1 Å². The summed E-state index contributed by atoms with van der Waals surface area (Å²) in [5.41, 5.74) is 10.5. The Morgan fingerprint density at radius 2 is 1.74 bits per heavy atom. The minimum atomic E-state index is 0.481. The zero-order valence-corrected chi connectivity index (χ0v) is 12.8. The van der Waals surface area contributed by atoms with E-state index < -0.39 is 0 Å². The molecule has 0 bridgehead atoms. The van der Waals surface area contributed by atoms with Crippen LogP contribution in [0.5, 0.6) is 0 Å². The lowest BCUT2D eigenvalue weighted by Crippen LogP contribution is -2.21. The number of hydrazine groups is 1. The zero-order chi connectivity index (χ0) is 13.8. The maximum atomic E-state index is 6.03. The Morgan fingerprint density at radius 1 is 1.11 bits per heavy atom. The predicted molar refractivity (Wildman–Crippen MR) is 86.2 cm³/mol. The van der Waals surface area contributed by atoms with Crippen LogP contribution in [0.25, 0.3) is 0 Å². The Bertz CT molecular complexity index is 555. The number of aromatic nitrogens is 2. The Labute approximate surface area is 125 Å². The summed E-state index contributed by atoms with van der Waals surface area (Å²) in [6, 6.07) is 7.98. The van der Waals surface area contributed by atoms with Crippen molar-refractivity contribution in [1.82, 2.24) is 15.0 Å². The Morgan fingerprint density at radius 3 is 2.37 bits per heavy atom. The van der Waals surface area contributed by atoms with Gasteiger partial charge in [-0.05, 0) is 46.9 Å². The second-order valence-corrected chi connectivity index (χ2v) is 5.37. The van der Waals surface area contributed by atoms with Gasteiger partial charge in [-0.2, -0.15) is 0 Å². The van der Waals surface area contributed by atoms with Crippen LogP contribution < -0.4 is 16.5 Å². The molecule has 2 rings (SSSR count). The van der Waals surface area contributed by atoms with E-state index >= 15 is 0 Å². The van der Waals surface area contributed by atoms with Crippen molar-refractivity contribution >= 4 is 45.6 Å². The van der Waals surface area contributed by atoms with Gasteiger partial charge in [-0.3, -0.25) is 0 Å². The summed E-state index contributed by atoms with van der Waals surface area (Å²) in [5.74, 6) is 1.16. The Hall–Kier alpha value is -1.61. The molecule has 1 aromatic heterocycles. The fourth-order valence-electron chi connectivity index (χ4n) is 1.47. The minimum Gasteiger partial charge on any atom is -0.393 e. The topological polar surface area (TPSA) is 79.1 Å². The molecule has 1 heterocycles. The van der Waals surface area contributed by atoms with Gasteiger partial charge in [0.1, 0.15) is 12.0 Å². The fraction of sp³-hybridized carbons (Fsp3) is 0.167. The van der Waals surface area contributed by atoms with E-state index in [1.165, 1.54) is 9.90 Å². The van der Waals surface area contributed by atoms with Crippen LogP contribution in [-0.2, 0) is 0 Å². The third kappa shape index (κ3) is 3.67. The second-order valence-electron chi connectivity index (χ2n) is 4.12. The standard InChI is InChI=1S/C12H15IN6/c1-19(2)18-12-10(14)11(15-7-16-12)17-9-5-3-8(13)4-6-9/h3-7H,14H2,1-2H3,(H2,15,16,17,18). The monoisotopic (exact) mass is 370 g/mol. The quantitative estimate of drug-likeness (QED) is 0.566. The molecule has 0 unspecified atom stereocenters. The van der Waals surface area contributed by atoms with Gasteiger partial charge < -0.3 is 16.5 Å². The Kier molecular flexibility index (Phi) is 4.38. The highest BCUT2D eigenvalue weighted by Crippen LogP contribution is 2.25. The highest BCUT2D eigenvalue weighted by molar-refractivity contribution is 14.1. The summed E-state index contributed by atoms with van der Waals surface area (Å²) in [6.07, 6.45) is 1.47. The van der Waals surface area contributed by atoms with Crippen molar-refractivity contribution in [2.75, 3.05) is 30.6 Å². The molecule has 0 spiro atoms. The SMILES string of the molecule is CN(C)Nc1ncnc(Nc2ccc(I)cc2)c1N. The number of anilines is 4. The number of nitrogens with one attached hydrogen (secondary N) is 2. The molecule has 0 saturated heterocycles. The smallest absolute Gasteiger partial charge is 0.169 e. The lowest BCUT2D eigenvalue weighted by Gasteiger charge is -2.16. The van der Waals surface area contributed by atoms with Crippen molar-refractivity contribution in [3.8, 4) is 0 Å². The molecular weight excluding hydrogens is 355 g/mol. The van der Waals surface area contributed by atoms with Crippen molar-refractivity contribution in [2.45, 2.75) is 0 Å². The molecule has 100 valence electrons. The molecule has 0 saturated carbocycles. The van der Waals surface area contributed by atoms with E-state index in [0.29, 0.717) is 17.3 Å². The molecule has 0 aliphatic heterocycles. The van der Waals surface area contributed by atoms with Gasteiger partial charge >= 0.3 is 0 Å². The van der Waals surface area contributed by atoms with Gasteiger partial charge in [0.2, 0.25) is 0 Å². The van der Waals surface area contributed by atoms with Crippen molar-refractivity contribution in [2.24, 2.45) is 0 Å². The molecule has 0 aliphatic carbocycles. The van der Waals surface area contributed by atoms with E-state index in [1.54, 1.807) is 5.01 Å². The van der Waals surface area contributed by atoms with Crippen LogP contribution >= 0.6 is 22.6 Å². The lowest BCUT2D eigenvalue weighted by atomic mass is 10.3. The summed E-state index contributed by atoms with van der Waals surface area (Å²) in [7, 11) is 3.74. The van der Waals surface area contributed by atoms with E-state index in [0.717, 1.165) is 5.69 Å². The number of nitrogens with two attached hydrogens (primary N) is 1. The number of nitrogens with zero attached hydrogens (tertiary/aromatic N) is 3. The van der Waals surface area contributed by atoms with E-state index in [2.05, 4.69) is 43.3 Å². The molecule has 6 nitrogen and oxygen atoms in total. The normalized spacial score (nSPS) is 10.5. The van der Waals surface area contributed by atoms with Crippen molar-refractivity contribution in [1.29, 1.82) is 0 Å². The van der Waals surface area contributed by atoms with Gasteiger partial charge in [-0.25, -0.2) is 15.0 Å². The first-order valence-corrected chi connectivity index (χ1v) is 6.71. The predicted octanol–water partition coefficient (Wildman–Crippen LogP) is 2.30. The maximum absolute atomic E-state index is 6.03. The third-order valence-corrected chi connectivity index (χ3v) is 3.04. The van der Waals surface area contributed by atoms with Gasteiger partial charge in [0.05, 0.1) is 0 Å². The molecular formula is C12H15IN6. The first kappa shape index (κ1) is 13.8. The second kappa shape index (κ2) is 6.02. The van der Waals surface area contributed by atoms with E-state index in [-0.39, 0.29) is 0 Å². The molecule has 0 amide bonds. The summed E-state index contributed by atoms with van der Waals surface area (Å²) in [6.45, 7) is 0. The number of halogens is 1. The summed E-state index contributed by atoms with van der Waals surface area (Å²) < 4.78 is 1.17. The Balaban J connectivity index is 2.23. The summed E-state index contributed by atoms with van der Waals surface area (Å²) in [4.78, 5) is 8.26. The van der Waals surface area contributed by atoms with Crippen LogP contribution in [0.2, 0.25) is 0 Å². The van der Waals surface area contributed by atoms with E-state index in [1.807, 2.05) is 38.4 Å². The largest absolute Gasteiger partial charge is 0.393 e. The number of rotatable bonds is 4. The van der Waals surface area contributed by atoms with Crippen molar-refractivity contribution in [3.05, 3.63) is 34.2 Å². The molecule has 0 fully saturated rings. The van der Waals surface area contributed by atoms with Gasteiger partial charge in [-0.15, -0.1) is 0 Å².